The van der Waals surface area contributed by atoms with E-state index < -0.39 is 0 Å². The highest BCUT2D eigenvalue weighted by Crippen LogP contribution is 2.18. The number of aromatic nitrogens is 2. The largest absolute Gasteiger partial charge is 0.462 e. The number of nitrogens with two attached hydrogens (primary N) is 1. The molecule has 0 saturated carbocycles. The molecule has 0 fully saturated rings. The Morgan fingerprint density at radius 2 is 2.11 bits per heavy atom. The van der Waals surface area contributed by atoms with E-state index in [-0.39, 0.29) is 0 Å². The van der Waals surface area contributed by atoms with E-state index in [1.165, 1.54) is 0 Å². The normalized spacial score (nSPS) is 11.0. The third kappa shape index (κ3) is 4.11. The number of rotatable bonds is 8. The van der Waals surface area contributed by atoms with Gasteiger partial charge in [0.25, 0.3) is 6.01 Å². The average molecular weight is 265 g/mol. The van der Waals surface area contributed by atoms with Gasteiger partial charge >= 0.3 is 0 Å². The summed E-state index contributed by atoms with van der Waals surface area (Å²) in [7, 11) is 1.68. The number of nitrogens with one attached hydrogen (secondary N) is 1. The highest BCUT2D eigenvalue weighted by atomic mass is 16.5. The van der Waals surface area contributed by atoms with Crippen molar-refractivity contribution in [3.8, 4) is 6.01 Å². The quantitative estimate of drug-likeness (QED) is 0.559. The van der Waals surface area contributed by atoms with Crippen LogP contribution in [0.4, 0.5) is 5.69 Å². The Morgan fingerprint density at radius 3 is 2.95 bits per heavy atom. The van der Waals surface area contributed by atoms with Crippen LogP contribution in [0.15, 0.2) is 18.2 Å². The van der Waals surface area contributed by atoms with Crippen molar-refractivity contribution < 1.29 is 14.2 Å². The summed E-state index contributed by atoms with van der Waals surface area (Å²) in [6.45, 7) is 2.38. The fraction of sp³-hybridized carbons (Fsp3) is 0.462. The van der Waals surface area contributed by atoms with Gasteiger partial charge < -0.3 is 24.9 Å². The van der Waals surface area contributed by atoms with Crippen molar-refractivity contribution in [1.82, 2.24) is 9.97 Å². The number of fused-ring (bicyclic) bond motifs is 1. The van der Waals surface area contributed by atoms with Gasteiger partial charge in [-0.2, -0.15) is 4.98 Å². The number of nitrogens with zero attached hydrogens (tertiary/aromatic N) is 1. The van der Waals surface area contributed by atoms with E-state index in [0.29, 0.717) is 38.1 Å². The average Bonchev–Trinajstić information content (AvgIpc) is 2.79. The van der Waals surface area contributed by atoms with E-state index in [4.69, 9.17) is 19.9 Å². The molecule has 0 aliphatic rings. The lowest BCUT2D eigenvalue weighted by Crippen LogP contribution is -2.09. The number of benzene rings is 1. The molecule has 2 aromatic rings. The standard InChI is InChI=1S/C13H19N3O3/c1-17-5-2-6-18-7-8-19-13-15-11-4-3-10(14)9-12(11)16-13/h3-4,9H,2,5-8,14H2,1H3,(H,15,16). The van der Waals surface area contributed by atoms with Crippen LogP contribution in [0.1, 0.15) is 6.42 Å². The van der Waals surface area contributed by atoms with Crippen LogP contribution in [-0.2, 0) is 9.47 Å². The van der Waals surface area contributed by atoms with Gasteiger partial charge in [0.15, 0.2) is 0 Å². The molecule has 1 aromatic carbocycles. The first-order valence-corrected chi connectivity index (χ1v) is 6.24. The Labute approximate surface area is 111 Å². The minimum atomic E-state index is 0.461. The molecule has 19 heavy (non-hydrogen) atoms. The first-order chi connectivity index (χ1) is 9.29. The highest BCUT2D eigenvalue weighted by molar-refractivity contribution is 5.79. The predicted molar refractivity (Wildman–Crippen MR) is 73.3 cm³/mol. The van der Waals surface area contributed by atoms with Crippen LogP contribution in [0, 0.1) is 0 Å². The molecule has 6 heteroatoms. The third-order valence-corrected chi connectivity index (χ3v) is 2.59. The van der Waals surface area contributed by atoms with Crippen LogP contribution in [0.2, 0.25) is 0 Å². The molecule has 0 bridgehead atoms. The van der Waals surface area contributed by atoms with Crippen molar-refractivity contribution in [2.45, 2.75) is 6.42 Å². The first-order valence-electron chi connectivity index (χ1n) is 6.24. The maximum absolute atomic E-state index is 5.69. The summed E-state index contributed by atoms with van der Waals surface area (Å²) in [6, 6.07) is 5.98. The number of methoxy groups -OCH3 is 1. The Balaban J connectivity index is 1.72. The molecule has 0 saturated heterocycles. The van der Waals surface area contributed by atoms with Crippen molar-refractivity contribution in [1.29, 1.82) is 0 Å². The molecule has 0 aliphatic carbocycles. The molecule has 104 valence electrons. The Hall–Kier alpha value is -1.79. The second kappa shape index (κ2) is 6.96. The molecule has 1 aromatic heterocycles. The van der Waals surface area contributed by atoms with Gasteiger partial charge in [0, 0.05) is 26.0 Å². The minimum absolute atomic E-state index is 0.461. The van der Waals surface area contributed by atoms with Gasteiger partial charge in [-0.15, -0.1) is 0 Å². The summed E-state index contributed by atoms with van der Waals surface area (Å²) in [5.74, 6) is 0. The second-order valence-electron chi connectivity index (χ2n) is 4.13. The van der Waals surface area contributed by atoms with Crippen molar-refractivity contribution in [2.75, 3.05) is 39.3 Å². The second-order valence-corrected chi connectivity index (χ2v) is 4.13. The minimum Gasteiger partial charge on any atom is -0.462 e. The molecule has 0 spiro atoms. The summed E-state index contributed by atoms with van der Waals surface area (Å²) >= 11 is 0. The third-order valence-electron chi connectivity index (χ3n) is 2.59. The van der Waals surface area contributed by atoms with E-state index in [1.807, 2.05) is 18.2 Å². The van der Waals surface area contributed by atoms with Crippen molar-refractivity contribution in [2.24, 2.45) is 0 Å². The van der Waals surface area contributed by atoms with E-state index in [2.05, 4.69) is 9.97 Å². The SMILES string of the molecule is COCCCOCCOc1nc2ccc(N)cc2[nH]1. The maximum Gasteiger partial charge on any atom is 0.294 e. The number of hydrogen-bond acceptors (Lipinski definition) is 5. The van der Waals surface area contributed by atoms with Gasteiger partial charge in [0.1, 0.15) is 6.61 Å². The topological polar surface area (TPSA) is 82.4 Å². The number of nitrogen functional groups attached to an aromatic ring is 1. The van der Waals surface area contributed by atoms with E-state index in [0.717, 1.165) is 17.5 Å². The number of ether oxygens (including phenoxy) is 3. The van der Waals surface area contributed by atoms with Crippen LogP contribution in [-0.4, -0.2) is 43.5 Å². The Kier molecular flexibility index (Phi) is 5.00. The summed E-state index contributed by atoms with van der Waals surface area (Å²) < 4.78 is 15.8. The van der Waals surface area contributed by atoms with Gasteiger partial charge in [0.2, 0.25) is 0 Å². The van der Waals surface area contributed by atoms with E-state index >= 15 is 0 Å². The predicted octanol–water partition coefficient (Wildman–Crippen LogP) is 1.58. The summed E-state index contributed by atoms with van der Waals surface area (Å²) in [4.78, 5) is 7.35. The van der Waals surface area contributed by atoms with Crippen LogP contribution in [0.5, 0.6) is 6.01 Å². The first kappa shape index (κ1) is 13.6. The number of imidazole rings is 1. The molecule has 0 amide bonds. The zero-order valence-electron chi connectivity index (χ0n) is 11.0. The number of aromatic amines is 1. The van der Waals surface area contributed by atoms with Crippen LogP contribution < -0.4 is 10.5 Å². The summed E-state index contributed by atoms with van der Waals surface area (Å²) in [5, 5.41) is 0. The summed E-state index contributed by atoms with van der Waals surface area (Å²) in [6.07, 6.45) is 0.889. The van der Waals surface area contributed by atoms with Gasteiger partial charge in [-0.3, -0.25) is 0 Å². The fourth-order valence-corrected chi connectivity index (χ4v) is 1.68. The molecule has 0 unspecified atom stereocenters. The number of hydrogen-bond donors (Lipinski definition) is 2. The summed E-state index contributed by atoms with van der Waals surface area (Å²) in [5.41, 5.74) is 8.10. The molecule has 0 radical (unpaired) electrons. The molecule has 2 rings (SSSR count). The number of H-pyrrole nitrogens is 1. The van der Waals surface area contributed by atoms with Gasteiger partial charge in [-0.1, -0.05) is 0 Å². The molecule has 1 heterocycles. The van der Waals surface area contributed by atoms with Gasteiger partial charge in [-0.05, 0) is 24.6 Å². The Morgan fingerprint density at radius 1 is 1.21 bits per heavy atom. The lowest BCUT2D eigenvalue weighted by molar-refractivity contribution is 0.0786. The molecular weight excluding hydrogens is 246 g/mol. The van der Waals surface area contributed by atoms with E-state index in [9.17, 15) is 0 Å². The highest BCUT2D eigenvalue weighted by Gasteiger charge is 2.03. The Bertz CT molecular complexity index is 513. The lowest BCUT2D eigenvalue weighted by atomic mass is 10.3. The molecule has 0 aliphatic heterocycles. The lowest BCUT2D eigenvalue weighted by Gasteiger charge is -2.04. The van der Waals surface area contributed by atoms with Crippen molar-refractivity contribution in [3.05, 3.63) is 18.2 Å². The van der Waals surface area contributed by atoms with Crippen molar-refractivity contribution >= 4 is 16.7 Å². The molecule has 0 atom stereocenters. The van der Waals surface area contributed by atoms with Gasteiger partial charge in [-0.25, -0.2) is 0 Å². The zero-order valence-corrected chi connectivity index (χ0v) is 11.0. The molecular formula is C13H19N3O3. The van der Waals surface area contributed by atoms with E-state index in [1.54, 1.807) is 7.11 Å². The van der Waals surface area contributed by atoms with Crippen LogP contribution in [0.25, 0.3) is 11.0 Å². The monoisotopic (exact) mass is 265 g/mol. The number of anilines is 1. The molecule has 6 nitrogen and oxygen atoms in total. The van der Waals surface area contributed by atoms with Crippen LogP contribution >= 0.6 is 0 Å². The smallest absolute Gasteiger partial charge is 0.294 e. The zero-order chi connectivity index (χ0) is 13.5. The van der Waals surface area contributed by atoms with Gasteiger partial charge in [0.05, 0.1) is 17.6 Å². The molecule has 3 N–H and O–H groups in total. The fourth-order valence-electron chi connectivity index (χ4n) is 1.68. The van der Waals surface area contributed by atoms with Crippen molar-refractivity contribution in [3.63, 3.8) is 0 Å². The maximum atomic E-state index is 5.69. The van der Waals surface area contributed by atoms with Crippen LogP contribution in [0.3, 0.4) is 0 Å².